The van der Waals surface area contributed by atoms with E-state index in [4.69, 9.17) is 22.1 Å². The number of carbonyl (C=O) groups is 1. The molecule has 0 aliphatic rings. The van der Waals surface area contributed by atoms with Gasteiger partial charge in [0.2, 0.25) is 0 Å². The molecular formula is C15H17ClN2O2S. The number of nitrogens with one attached hydrogen (secondary N) is 1. The zero-order chi connectivity index (χ0) is 15.2. The maximum atomic E-state index is 12.1. The van der Waals surface area contributed by atoms with Crippen molar-refractivity contribution in [2.24, 2.45) is 0 Å². The molecule has 0 unspecified atom stereocenters. The minimum Gasteiger partial charge on any atom is -0.397 e. The van der Waals surface area contributed by atoms with Crippen LogP contribution in [0.1, 0.15) is 16.1 Å². The summed E-state index contributed by atoms with van der Waals surface area (Å²) in [4.78, 5) is 12.6. The van der Waals surface area contributed by atoms with E-state index in [1.165, 1.54) is 11.3 Å². The van der Waals surface area contributed by atoms with Crippen LogP contribution in [0.15, 0.2) is 30.9 Å². The number of hydrogen-bond donors (Lipinski definition) is 2. The molecule has 4 nitrogen and oxygen atoms in total. The number of ether oxygens (including phenoxy) is 1. The van der Waals surface area contributed by atoms with Crippen molar-refractivity contribution in [1.29, 1.82) is 0 Å². The van der Waals surface area contributed by atoms with Gasteiger partial charge in [0.25, 0.3) is 5.91 Å². The first kappa shape index (κ1) is 15.8. The van der Waals surface area contributed by atoms with Gasteiger partial charge >= 0.3 is 0 Å². The van der Waals surface area contributed by atoms with E-state index in [9.17, 15) is 4.79 Å². The van der Waals surface area contributed by atoms with Gasteiger partial charge in [-0.15, -0.1) is 17.9 Å². The highest BCUT2D eigenvalue weighted by Crippen LogP contribution is 2.37. The normalized spacial score (nSPS) is 10.7. The molecule has 1 heterocycles. The van der Waals surface area contributed by atoms with Crippen LogP contribution in [0.25, 0.3) is 10.1 Å². The molecule has 0 saturated carbocycles. The number of hydrogen-bond acceptors (Lipinski definition) is 4. The molecule has 1 aromatic carbocycles. The molecule has 3 N–H and O–H groups in total. The maximum absolute atomic E-state index is 12.1. The van der Waals surface area contributed by atoms with Crippen LogP contribution in [0.5, 0.6) is 0 Å². The topological polar surface area (TPSA) is 64.3 Å². The van der Waals surface area contributed by atoms with Crippen molar-refractivity contribution in [3.63, 3.8) is 0 Å². The predicted molar refractivity (Wildman–Crippen MR) is 89.2 cm³/mol. The molecule has 2 rings (SSSR count). The Kier molecular flexibility index (Phi) is 5.61. The van der Waals surface area contributed by atoms with Gasteiger partial charge in [-0.1, -0.05) is 23.7 Å². The van der Waals surface area contributed by atoms with Crippen LogP contribution in [0.4, 0.5) is 5.69 Å². The fourth-order valence-electron chi connectivity index (χ4n) is 1.88. The average Bonchev–Trinajstić information content (AvgIpc) is 2.81. The van der Waals surface area contributed by atoms with E-state index < -0.39 is 0 Å². The Morgan fingerprint density at radius 1 is 1.48 bits per heavy atom. The van der Waals surface area contributed by atoms with Crippen molar-refractivity contribution >= 4 is 44.6 Å². The van der Waals surface area contributed by atoms with Crippen molar-refractivity contribution in [2.75, 3.05) is 25.5 Å². The molecule has 6 heteroatoms. The Labute approximate surface area is 132 Å². The Morgan fingerprint density at radius 3 is 3.00 bits per heavy atom. The summed E-state index contributed by atoms with van der Waals surface area (Å²) < 4.78 is 6.24. The lowest BCUT2D eigenvalue weighted by molar-refractivity contribution is 0.0922. The van der Waals surface area contributed by atoms with E-state index in [2.05, 4.69) is 11.9 Å². The molecule has 1 aromatic heterocycles. The summed E-state index contributed by atoms with van der Waals surface area (Å²) in [6.45, 7) is 5.13. The van der Waals surface area contributed by atoms with E-state index in [0.717, 1.165) is 16.5 Å². The predicted octanol–water partition coefficient (Wildman–Crippen LogP) is 3.46. The molecule has 0 radical (unpaired) electrons. The number of carbonyl (C=O) groups excluding carboxylic acids is 1. The van der Waals surface area contributed by atoms with Crippen molar-refractivity contribution in [3.05, 3.63) is 40.8 Å². The van der Waals surface area contributed by atoms with Gasteiger partial charge in [-0.3, -0.25) is 4.79 Å². The van der Waals surface area contributed by atoms with E-state index in [1.54, 1.807) is 12.1 Å². The number of thiophene rings is 1. The van der Waals surface area contributed by atoms with Gasteiger partial charge in [-0.25, -0.2) is 0 Å². The first-order chi connectivity index (χ1) is 10.1. The third-order valence-corrected chi connectivity index (χ3v) is 4.39. The lowest BCUT2D eigenvalue weighted by atomic mass is 10.2. The molecule has 0 spiro atoms. The fraction of sp³-hybridized carbons (Fsp3) is 0.267. The largest absolute Gasteiger partial charge is 0.397 e. The average molecular weight is 325 g/mol. The summed E-state index contributed by atoms with van der Waals surface area (Å²) in [5.74, 6) is -0.197. The number of nitrogens with two attached hydrogens (primary N) is 1. The Balaban J connectivity index is 1.98. The summed E-state index contributed by atoms with van der Waals surface area (Å²) in [6.07, 6.45) is 2.59. The fourth-order valence-corrected chi connectivity index (χ4v) is 3.28. The summed E-state index contributed by atoms with van der Waals surface area (Å²) in [7, 11) is 0. The van der Waals surface area contributed by atoms with E-state index in [0.29, 0.717) is 35.3 Å². The van der Waals surface area contributed by atoms with Crippen LogP contribution in [-0.2, 0) is 4.74 Å². The maximum Gasteiger partial charge on any atom is 0.263 e. The van der Waals surface area contributed by atoms with Crippen LogP contribution < -0.4 is 11.1 Å². The van der Waals surface area contributed by atoms with Gasteiger partial charge in [0.05, 0.1) is 23.9 Å². The molecular weight excluding hydrogens is 308 g/mol. The molecule has 0 aliphatic heterocycles. The van der Waals surface area contributed by atoms with Crippen LogP contribution in [0.2, 0.25) is 5.02 Å². The quantitative estimate of drug-likeness (QED) is 0.605. The van der Waals surface area contributed by atoms with Gasteiger partial charge in [0.15, 0.2) is 0 Å². The highest BCUT2D eigenvalue weighted by atomic mass is 35.5. The van der Waals surface area contributed by atoms with Crippen LogP contribution >= 0.6 is 22.9 Å². The molecule has 0 fully saturated rings. The lowest BCUT2D eigenvalue weighted by Crippen LogP contribution is -2.27. The van der Waals surface area contributed by atoms with Gasteiger partial charge in [-0.05, 0) is 18.6 Å². The zero-order valence-corrected chi connectivity index (χ0v) is 13.1. The zero-order valence-electron chi connectivity index (χ0n) is 11.5. The second-order valence-corrected chi connectivity index (χ2v) is 5.86. The number of amides is 1. The number of benzene rings is 1. The molecule has 0 bridgehead atoms. The summed E-state index contributed by atoms with van der Waals surface area (Å²) in [5, 5.41) is 4.10. The lowest BCUT2D eigenvalue weighted by Gasteiger charge is -2.05. The smallest absolute Gasteiger partial charge is 0.263 e. The molecule has 21 heavy (non-hydrogen) atoms. The molecule has 0 saturated heterocycles. The number of anilines is 1. The molecule has 2 aromatic rings. The molecule has 112 valence electrons. The van der Waals surface area contributed by atoms with E-state index in [1.807, 2.05) is 12.1 Å². The standard InChI is InChI=1S/C15H17ClN2O2S/c1-2-3-8-20-9-7-18-15(19)14-13(17)12-10(16)5-4-6-11(12)21-14/h2,4-6H,1,3,7-9,17H2,(H,18,19). The second-order valence-electron chi connectivity index (χ2n) is 4.40. The molecule has 1 amide bonds. The monoisotopic (exact) mass is 324 g/mol. The highest BCUT2D eigenvalue weighted by Gasteiger charge is 2.17. The Bertz CT molecular complexity index is 654. The van der Waals surface area contributed by atoms with Gasteiger partial charge < -0.3 is 15.8 Å². The summed E-state index contributed by atoms with van der Waals surface area (Å²) in [5.41, 5.74) is 6.47. The Morgan fingerprint density at radius 2 is 2.29 bits per heavy atom. The number of fused-ring (bicyclic) bond motifs is 1. The van der Waals surface area contributed by atoms with E-state index >= 15 is 0 Å². The van der Waals surface area contributed by atoms with Crippen LogP contribution in [0.3, 0.4) is 0 Å². The minimum absolute atomic E-state index is 0.197. The number of rotatable bonds is 7. The van der Waals surface area contributed by atoms with Gasteiger partial charge in [-0.2, -0.15) is 0 Å². The summed E-state index contributed by atoms with van der Waals surface area (Å²) in [6, 6.07) is 5.51. The SMILES string of the molecule is C=CCCOCCNC(=O)c1sc2cccc(Cl)c2c1N. The third kappa shape index (κ3) is 3.75. The van der Waals surface area contributed by atoms with Crippen molar-refractivity contribution in [2.45, 2.75) is 6.42 Å². The van der Waals surface area contributed by atoms with Gasteiger partial charge in [0, 0.05) is 16.6 Å². The molecule has 0 atom stereocenters. The first-order valence-electron chi connectivity index (χ1n) is 6.58. The van der Waals surface area contributed by atoms with Crippen molar-refractivity contribution < 1.29 is 9.53 Å². The summed E-state index contributed by atoms with van der Waals surface area (Å²) >= 11 is 7.47. The van der Waals surface area contributed by atoms with Crippen LogP contribution in [0, 0.1) is 0 Å². The third-order valence-electron chi connectivity index (χ3n) is 2.91. The van der Waals surface area contributed by atoms with E-state index in [-0.39, 0.29) is 5.91 Å². The Hall–Kier alpha value is -1.56. The first-order valence-corrected chi connectivity index (χ1v) is 7.78. The highest BCUT2D eigenvalue weighted by molar-refractivity contribution is 7.21. The van der Waals surface area contributed by atoms with Crippen molar-refractivity contribution in [1.82, 2.24) is 5.32 Å². The molecule has 0 aliphatic carbocycles. The van der Waals surface area contributed by atoms with Crippen molar-refractivity contribution in [3.8, 4) is 0 Å². The van der Waals surface area contributed by atoms with Gasteiger partial charge in [0.1, 0.15) is 4.88 Å². The number of halogens is 1. The minimum atomic E-state index is -0.197. The van der Waals surface area contributed by atoms with Crippen LogP contribution in [-0.4, -0.2) is 25.7 Å². The number of nitrogen functional groups attached to an aromatic ring is 1. The second kappa shape index (κ2) is 7.45.